The molecule has 2 aromatic rings. The summed E-state index contributed by atoms with van der Waals surface area (Å²) in [7, 11) is -6.00. The third-order valence-electron chi connectivity index (χ3n) is 2.55. The summed E-state index contributed by atoms with van der Waals surface area (Å²) in [6.45, 7) is 27.0. The van der Waals surface area contributed by atoms with Crippen LogP contribution in [0.1, 0.15) is 11.1 Å². The molecule has 1 aliphatic rings. The van der Waals surface area contributed by atoms with E-state index in [1.54, 1.807) is 0 Å². The Morgan fingerprint density at radius 3 is 1.03 bits per heavy atom. The average molecular weight is 544 g/mol. The molecular formula is C19H10BCrF4MnO7-. The van der Waals surface area contributed by atoms with Gasteiger partial charge in [-0.25, -0.2) is 0 Å². The average Bonchev–Trinajstić information content (AvgIpc) is 2.84. The van der Waals surface area contributed by atoms with Crippen LogP contribution in [0.2, 0.25) is 0 Å². The minimum atomic E-state index is -6.00. The Kier molecular flexibility index (Phi) is 53.7. The Morgan fingerprint density at radius 1 is 0.576 bits per heavy atom. The Balaban J connectivity index is -0.0000000613. The van der Waals surface area contributed by atoms with Crippen molar-refractivity contribution >= 4 is 7.25 Å². The minimum Gasteiger partial charge on any atom is -0.457 e. The molecule has 0 atom stereocenters. The molecule has 2 aromatic carbocycles. The summed E-state index contributed by atoms with van der Waals surface area (Å²) in [4.78, 5) is 0. The number of para-hydroxylation sites is 2. The van der Waals surface area contributed by atoms with Gasteiger partial charge in [0.1, 0.15) is 11.5 Å². The predicted octanol–water partition coefficient (Wildman–Crippen LogP) is 4.45. The first kappa shape index (κ1) is 48.1. The van der Waals surface area contributed by atoms with E-state index >= 15 is 0 Å². The van der Waals surface area contributed by atoms with E-state index in [0.29, 0.717) is 0 Å². The molecule has 0 unspecified atom stereocenters. The molecule has 1 aliphatic heterocycles. The monoisotopic (exact) mass is 544 g/mol. The summed E-state index contributed by atoms with van der Waals surface area (Å²) in [6, 6.07) is 16.4. The maximum atomic E-state index is 9.75. The first-order chi connectivity index (χ1) is 14.9. The van der Waals surface area contributed by atoms with Gasteiger partial charge in [0.15, 0.2) is 0 Å². The molecule has 14 heteroatoms. The third kappa shape index (κ3) is 29.5. The van der Waals surface area contributed by atoms with Crippen LogP contribution in [-0.4, -0.2) is 7.25 Å². The number of fused-ring (bicyclic) bond motifs is 2. The van der Waals surface area contributed by atoms with E-state index in [2.05, 4.69) is 64.2 Å². The third-order valence-corrected chi connectivity index (χ3v) is 2.55. The topological polar surface area (TPSA) is 129 Å². The molecule has 1 heterocycles. The Labute approximate surface area is 208 Å². The molecule has 0 amide bonds. The molecule has 0 aliphatic carbocycles. The van der Waals surface area contributed by atoms with Crippen molar-refractivity contribution in [2.45, 2.75) is 6.42 Å². The molecule has 0 fully saturated rings. The number of hydrogen-bond acceptors (Lipinski definition) is 1. The zero-order valence-corrected chi connectivity index (χ0v) is 18.5. The number of benzene rings is 2. The van der Waals surface area contributed by atoms with Crippen molar-refractivity contribution < 1.29 is 84.3 Å². The molecule has 173 valence electrons. The van der Waals surface area contributed by atoms with Crippen molar-refractivity contribution in [3.63, 3.8) is 0 Å². The molecule has 7 nitrogen and oxygen atoms in total. The van der Waals surface area contributed by atoms with Crippen LogP contribution in [0, 0.1) is 39.9 Å². The fourth-order valence-corrected chi connectivity index (χ4v) is 1.82. The van der Waals surface area contributed by atoms with Gasteiger partial charge in [-0.1, -0.05) is 36.4 Å². The van der Waals surface area contributed by atoms with Crippen molar-refractivity contribution in [1.29, 1.82) is 0 Å². The second kappa shape index (κ2) is 36.9. The standard InChI is InChI=1S/C13H10O.6CO.BF4.Cr.Mn/c1-3-7-12-10(5-1)9-11-6-2-4-8-13(11)14-12;6*1-2;2-1(3,4)5;;/h1-8H,9H2;;;;;;;;;/q;;;;;;;-1;;. The van der Waals surface area contributed by atoms with E-state index < -0.39 is 7.25 Å². The van der Waals surface area contributed by atoms with Crippen molar-refractivity contribution in [3.05, 3.63) is 99.6 Å². The summed E-state index contributed by atoms with van der Waals surface area (Å²) in [6.07, 6.45) is 0.979. The molecule has 0 spiro atoms. The molecule has 0 bridgehead atoms. The molecule has 0 saturated heterocycles. The normalized spacial score (nSPS) is 7.52. The van der Waals surface area contributed by atoms with Crippen molar-refractivity contribution in [2.24, 2.45) is 0 Å². The molecular weight excluding hydrogens is 534 g/mol. The van der Waals surface area contributed by atoms with Gasteiger partial charge in [-0.3, -0.25) is 0 Å². The second-order valence-corrected chi connectivity index (χ2v) is 3.99. The van der Waals surface area contributed by atoms with E-state index in [9.17, 15) is 17.3 Å². The van der Waals surface area contributed by atoms with Crippen LogP contribution >= 0.6 is 0 Å². The van der Waals surface area contributed by atoms with Crippen molar-refractivity contribution in [3.8, 4) is 11.5 Å². The maximum absolute atomic E-state index is 9.75. The summed E-state index contributed by atoms with van der Waals surface area (Å²) in [5.41, 5.74) is 2.54. The zero-order chi connectivity index (χ0) is 25.9. The van der Waals surface area contributed by atoms with Crippen LogP contribution in [0.5, 0.6) is 11.5 Å². The number of halogens is 4. The van der Waals surface area contributed by atoms with E-state index in [0.717, 1.165) is 17.9 Å². The van der Waals surface area contributed by atoms with Crippen LogP contribution < -0.4 is 4.74 Å². The van der Waals surface area contributed by atoms with E-state index in [1.165, 1.54) is 11.1 Å². The first-order valence-electron chi connectivity index (χ1n) is 6.87. The molecule has 0 aromatic heterocycles. The van der Waals surface area contributed by atoms with Crippen LogP contribution in [0.3, 0.4) is 0 Å². The van der Waals surface area contributed by atoms with Gasteiger partial charge in [-0.2, -0.15) is 0 Å². The first-order valence-corrected chi connectivity index (χ1v) is 6.87. The molecule has 1 radical (unpaired) electrons. The van der Waals surface area contributed by atoms with Gasteiger partial charge in [-0.15, -0.1) is 0 Å². The SMILES string of the molecule is F[B-](F)(F)F.[C-]#[O+].[C-]#[O+].[C-]#[O+].[C-]#[O+].[C-]#[O+].[C-]#[O+].[Cr].[Mn].c1ccc2c(c1)Cc1ccccc1O2. The molecule has 0 N–H and O–H groups in total. The van der Waals surface area contributed by atoms with Gasteiger partial charge in [0.25, 0.3) is 0 Å². The van der Waals surface area contributed by atoms with Crippen LogP contribution in [0.4, 0.5) is 17.3 Å². The number of ether oxygens (including phenoxy) is 1. The summed E-state index contributed by atoms with van der Waals surface area (Å²) >= 11 is 0. The maximum Gasteiger partial charge on any atom is 0.130 e. The molecule has 33 heavy (non-hydrogen) atoms. The van der Waals surface area contributed by atoms with Gasteiger partial charge in [-0.05, 0) is 23.3 Å². The van der Waals surface area contributed by atoms with Crippen LogP contribution in [0.15, 0.2) is 48.5 Å². The quantitative estimate of drug-likeness (QED) is 0.176. The summed E-state index contributed by atoms with van der Waals surface area (Å²) in [5.74, 6) is 1.98. The Morgan fingerprint density at radius 2 is 0.788 bits per heavy atom. The number of rotatable bonds is 0. The van der Waals surface area contributed by atoms with Crippen LogP contribution in [-0.2, 0) is 68.8 Å². The van der Waals surface area contributed by atoms with E-state index in [1.807, 2.05) is 24.3 Å². The van der Waals surface area contributed by atoms with Gasteiger partial charge in [0, 0.05) is 40.9 Å². The van der Waals surface area contributed by atoms with Gasteiger partial charge in [0.2, 0.25) is 0 Å². The van der Waals surface area contributed by atoms with Gasteiger partial charge < -0.3 is 22.0 Å². The van der Waals surface area contributed by atoms with E-state index in [-0.39, 0.29) is 34.4 Å². The molecule has 3 rings (SSSR count). The van der Waals surface area contributed by atoms with Crippen molar-refractivity contribution in [1.82, 2.24) is 0 Å². The fraction of sp³-hybridized carbons (Fsp3) is 0.0526. The predicted molar refractivity (Wildman–Crippen MR) is 89.5 cm³/mol. The summed E-state index contributed by atoms with van der Waals surface area (Å²) < 4.78 is 89.8. The largest absolute Gasteiger partial charge is 0.457 e. The van der Waals surface area contributed by atoms with Gasteiger partial charge in [0.05, 0.1) is 0 Å². The minimum absolute atomic E-state index is 0. The Hall–Kier alpha value is -2.48. The Bertz CT molecular complexity index is 698. The van der Waals surface area contributed by atoms with Crippen molar-refractivity contribution in [2.75, 3.05) is 0 Å². The molecule has 0 saturated carbocycles. The number of hydrogen-bond donors (Lipinski definition) is 0. The smallest absolute Gasteiger partial charge is 0.130 e. The fourth-order valence-electron chi connectivity index (χ4n) is 1.82. The van der Waals surface area contributed by atoms with Crippen LogP contribution in [0.25, 0.3) is 0 Å². The summed E-state index contributed by atoms with van der Waals surface area (Å²) in [5, 5.41) is 0. The van der Waals surface area contributed by atoms with E-state index in [4.69, 9.17) is 32.6 Å². The van der Waals surface area contributed by atoms with Gasteiger partial charge >= 0.3 is 75.1 Å². The second-order valence-electron chi connectivity index (χ2n) is 3.99. The zero-order valence-electron chi connectivity index (χ0n) is 16.1.